The van der Waals surface area contributed by atoms with Crippen molar-refractivity contribution in [1.29, 1.82) is 5.26 Å². The van der Waals surface area contributed by atoms with Gasteiger partial charge in [0, 0.05) is 43.3 Å². The molecule has 3 unspecified atom stereocenters. The zero-order valence-corrected chi connectivity index (χ0v) is 19.0. The predicted molar refractivity (Wildman–Crippen MR) is 125 cm³/mol. The van der Waals surface area contributed by atoms with E-state index >= 15 is 0 Å². The van der Waals surface area contributed by atoms with Crippen molar-refractivity contribution in [2.24, 2.45) is 11.7 Å². The summed E-state index contributed by atoms with van der Waals surface area (Å²) >= 11 is 0. The first-order valence-electron chi connectivity index (χ1n) is 11.4. The molecule has 3 heterocycles. The summed E-state index contributed by atoms with van der Waals surface area (Å²) in [6.45, 7) is 2.62. The molecule has 2 fully saturated rings. The standard InChI is InChI=1S/C25H24FN7O/c1-12-3-16(10-30-22(12)9-27)34-25-31-21-8-17-18(5-14(26)6-20(17)29-2)23(21)24(32-25)33-11-13-4-15(33)7-19(13)28/h3,5-6,10,13,15,19,29H,4,7-8,11,28H2,1-2H3. The van der Waals surface area contributed by atoms with Crippen molar-refractivity contribution in [3.8, 4) is 29.0 Å². The van der Waals surface area contributed by atoms with Gasteiger partial charge in [-0.2, -0.15) is 15.2 Å². The highest BCUT2D eigenvalue weighted by atomic mass is 19.1. The zero-order valence-electron chi connectivity index (χ0n) is 19.0. The van der Waals surface area contributed by atoms with E-state index in [0.29, 0.717) is 35.4 Å². The van der Waals surface area contributed by atoms with Gasteiger partial charge in [-0.3, -0.25) is 0 Å². The van der Waals surface area contributed by atoms with E-state index in [1.54, 1.807) is 19.2 Å². The summed E-state index contributed by atoms with van der Waals surface area (Å²) in [5.41, 5.74) is 11.6. The molecule has 0 radical (unpaired) electrons. The minimum absolute atomic E-state index is 0.208. The molecule has 0 spiro atoms. The summed E-state index contributed by atoms with van der Waals surface area (Å²) in [6.07, 6.45) is 4.00. The third-order valence-corrected chi connectivity index (χ3v) is 7.28. The van der Waals surface area contributed by atoms with Gasteiger partial charge in [-0.15, -0.1) is 0 Å². The summed E-state index contributed by atoms with van der Waals surface area (Å²) in [5, 5.41) is 12.3. The van der Waals surface area contributed by atoms with E-state index in [-0.39, 0.29) is 17.9 Å². The molecule has 1 aromatic carbocycles. The van der Waals surface area contributed by atoms with Crippen LogP contribution in [0.25, 0.3) is 11.1 Å². The molecule has 0 amide bonds. The molecule has 2 aromatic heterocycles. The van der Waals surface area contributed by atoms with Gasteiger partial charge in [0.2, 0.25) is 0 Å². The van der Waals surface area contributed by atoms with Crippen LogP contribution in [-0.4, -0.2) is 40.6 Å². The quantitative estimate of drug-likeness (QED) is 0.479. The summed E-state index contributed by atoms with van der Waals surface area (Å²) in [5.74, 6) is 1.35. The summed E-state index contributed by atoms with van der Waals surface area (Å²) in [7, 11) is 1.79. The van der Waals surface area contributed by atoms with Crippen molar-refractivity contribution >= 4 is 11.5 Å². The number of aryl methyl sites for hydroxylation is 1. The van der Waals surface area contributed by atoms with Gasteiger partial charge in [-0.1, -0.05) is 0 Å². The van der Waals surface area contributed by atoms with Crippen LogP contribution in [0.4, 0.5) is 15.9 Å². The molecule has 2 aliphatic carbocycles. The number of nitrogens with one attached hydrogen (secondary N) is 1. The first kappa shape index (κ1) is 20.8. The number of halogens is 1. The molecule has 2 bridgehead atoms. The molecule has 1 saturated carbocycles. The number of piperidine rings is 1. The van der Waals surface area contributed by atoms with E-state index in [4.69, 9.17) is 25.7 Å². The Labute approximate surface area is 196 Å². The van der Waals surface area contributed by atoms with Crippen molar-refractivity contribution < 1.29 is 9.13 Å². The van der Waals surface area contributed by atoms with Crippen molar-refractivity contribution in [2.75, 3.05) is 23.8 Å². The molecule has 6 rings (SSSR count). The van der Waals surface area contributed by atoms with E-state index in [0.717, 1.165) is 53.3 Å². The first-order valence-corrected chi connectivity index (χ1v) is 11.4. The van der Waals surface area contributed by atoms with Crippen LogP contribution in [0.3, 0.4) is 0 Å². The highest BCUT2D eigenvalue weighted by molar-refractivity contribution is 5.88. The number of rotatable bonds is 4. The third kappa shape index (κ3) is 3.17. The minimum Gasteiger partial charge on any atom is -0.423 e. The molecule has 3 aromatic rings. The Hall–Kier alpha value is -3.77. The number of anilines is 2. The fourth-order valence-corrected chi connectivity index (χ4v) is 5.65. The van der Waals surface area contributed by atoms with Gasteiger partial charge in [0.15, 0.2) is 0 Å². The van der Waals surface area contributed by atoms with Crippen LogP contribution in [0, 0.1) is 30.0 Å². The predicted octanol–water partition coefficient (Wildman–Crippen LogP) is 3.52. The van der Waals surface area contributed by atoms with E-state index in [2.05, 4.69) is 21.3 Å². The van der Waals surface area contributed by atoms with Crippen LogP contribution in [0.1, 0.15) is 35.4 Å². The average molecular weight is 458 g/mol. The van der Waals surface area contributed by atoms with Crippen LogP contribution in [-0.2, 0) is 6.42 Å². The number of nitrogens with two attached hydrogens (primary N) is 1. The molecule has 34 heavy (non-hydrogen) atoms. The van der Waals surface area contributed by atoms with E-state index < -0.39 is 0 Å². The average Bonchev–Trinajstić information content (AvgIpc) is 3.50. The van der Waals surface area contributed by atoms with Crippen LogP contribution in [0.2, 0.25) is 0 Å². The Bertz CT molecular complexity index is 1370. The van der Waals surface area contributed by atoms with Gasteiger partial charge in [0.25, 0.3) is 0 Å². The van der Waals surface area contributed by atoms with Gasteiger partial charge in [0.1, 0.15) is 29.1 Å². The SMILES string of the molecule is CNc1cc(F)cc2c1Cc1nc(Oc3cnc(C#N)c(C)c3)nc(N3CC4CC3CC4N)c1-2. The zero-order chi connectivity index (χ0) is 23.6. The number of aromatic nitrogens is 3. The highest BCUT2D eigenvalue weighted by Gasteiger charge is 2.45. The Morgan fingerprint density at radius 2 is 2.12 bits per heavy atom. The van der Waals surface area contributed by atoms with E-state index in [9.17, 15) is 4.39 Å². The highest BCUT2D eigenvalue weighted by Crippen LogP contribution is 2.49. The molecule has 3 aliphatic rings. The van der Waals surface area contributed by atoms with Gasteiger partial charge in [-0.25, -0.2) is 9.37 Å². The topological polar surface area (TPSA) is 113 Å². The van der Waals surface area contributed by atoms with Gasteiger partial charge >= 0.3 is 6.01 Å². The monoisotopic (exact) mass is 457 g/mol. The first-order chi connectivity index (χ1) is 16.4. The molecular formula is C25H24FN7O. The van der Waals surface area contributed by atoms with Crippen molar-refractivity contribution in [2.45, 2.75) is 38.3 Å². The number of ether oxygens (including phenoxy) is 1. The maximum atomic E-state index is 14.5. The van der Waals surface area contributed by atoms with E-state index in [1.165, 1.54) is 12.3 Å². The van der Waals surface area contributed by atoms with Crippen LogP contribution in [0.5, 0.6) is 11.8 Å². The smallest absolute Gasteiger partial charge is 0.324 e. The fraction of sp³-hybridized carbons (Fsp3) is 0.360. The number of hydrogen-bond acceptors (Lipinski definition) is 8. The molecule has 1 saturated heterocycles. The van der Waals surface area contributed by atoms with Gasteiger partial charge < -0.3 is 20.7 Å². The Morgan fingerprint density at radius 3 is 2.79 bits per heavy atom. The van der Waals surface area contributed by atoms with Crippen LogP contribution in [0.15, 0.2) is 24.4 Å². The molecule has 172 valence electrons. The Kier molecular flexibility index (Phi) is 4.67. The maximum Gasteiger partial charge on any atom is 0.324 e. The second-order valence-electron chi connectivity index (χ2n) is 9.31. The largest absolute Gasteiger partial charge is 0.423 e. The van der Waals surface area contributed by atoms with Crippen LogP contribution < -0.4 is 20.7 Å². The lowest BCUT2D eigenvalue weighted by atomic mass is 10.0. The summed E-state index contributed by atoms with van der Waals surface area (Å²) in [4.78, 5) is 16.0. The molecule has 9 heteroatoms. The number of nitrogens with zero attached hydrogens (tertiary/aromatic N) is 5. The second kappa shape index (κ2) is 7.64. The van der Waals surface area contributed by atoms with Gasteiger partial charge in [0.05, 0.1) is 11.9 Å². The molecular weight excluding hydrogens is 433 g/mol. The molecule has 3 atom stereocenters. The number of hydrogen-bond donors (Lipinski definition) is 2. The Balaban J connectivity index is 1.47. The van der Waals surface area contributed by atoms with Gasteiger partial charge in [-0.05, 0) is 60.6 Å². The number of nitriles is 1. The van der Waals surface area contributed by atoms with E-state index in [1.807, 2.05) is 6.92 Å². The summed E-state index contributed by atoms with van der Waals surface area (Å²) in [6, 6.07) is 7.62. The maximum absolute atomic E-state index is 14.5. The van der Waals surface area contributed by atoms with Crippen molar-refractivity contribution in [3.63, 3.8) is 0 Å². The number of fused-ring (bicyclic) bond motifs is 5. The van der Waals surface area contributed by atoms with Crippen molar-refractivity contribution in [1.82, 2.24) is 15.0 Å². The minimum atomic E-state index is -0.300. The molecule has 8 nitrogen and oxygen atoms in total. The number of benzene rings is 1. The lowest BCUT2D eigenvalue weighted by Crippen LogP contribution is -2.41. The lowest BCUT2D eigenvalue weighted by molar-refractivity contribution is 0.434. The van der Waals surface area contributed by atoms with Crippen LogP contribution >= 0.6 is 0 Å². The third-order valence-electron chi connectivity index (χ3n) is 7.28. The molecule has 1 aliphatic heterocycles. The fourth-order valence-electron chi connectivity index (χ4n) is 5.65. The lowest BCUT2D eigenvalue weighted by Gasteiger charge is -2.32. The Morgan fingerprint density at radius 1 is 1.26 bits per heavy atom. The molecule has 3 N–H and O–H groups in total. The normalized spacial score (nSPS) is 21.9. The van der Waals surface area contributed by atoms with Crippen molar-refractivity contribution in [3.05, 3.63) is 52.7 Å². The summed E-state index contributed by atoms with van der Waals surface area (Å²) < 4.78 is 20.5. The second-order valence-corrected chi connectivity index (χ2v) is 9.31. The number of pyridine rings is 1.